The van der Waals surface area contributed by atoms with Gasteiger partial charge in [0.25, 0.3) is 0 Å². The van der Waals surface area contributed by atoms with Gasteiger partial charge in [-0.05, 0) is 19.3 Å². The van der Waals surface area contributed by atoms with Crippen molar-refractivity contribution in [3.63, 3.8) is 0 Å². The van der Waals surface area contributed by atoms with Gasteiger partial charge in [0.2, 0.25) is 5.82 Å². The summed E-state index contributed by atoms with van der Waals surface area (Å²) in [5, 5.41) is 29.5. The molecule has 14 heteroatoms. The molecule has 14 nitrogen and oxygen atoms in total. The first-order valence-electron chi connectivity index (χ1n) is 12.5. The zero-order valence-corrected chi connectivity index (χ0v) is 23.0. The quantitative estimate of drug-likeness (QED) is 0.203. The first-order chi connectivity index (χ1) is 19.0. The van der Waals surface area contributed by atoms with E-state index in [0.717, 1.165) is 6.42 Å². The van der Waals surface area contributed by atoms with Crippen LogP contribution >= 0.6 is 0 Å². The molecule has 0 spiro atoms. The van der Waals surface area contributed by atoms with Crippen molar-refractivity contribution in [1.82, 2.24) is 29.7 Å². The predicted molar refractivity (Wildman–Crippen MR) is 145 cm³/mol. The van der Waals surface area contributed by atoms with Crippen molar-refractivity contribution in [1.29, 1.82) is 5.26 Å². The van der Waals surface area contributed by atoms with Gasteiger partial charge in [-0.1, -0.05) is 6.92 Å². The summed E-state index contributed by atoms with van der Waals surface area (Å²) < 4.78 is 17.2. The molecule has 3 aromatic rings. The molecule has 3 aromatic heterocycles. The van der Waals surface area contributed by atoms with Gasteiger partial charge >= 0.3 is 0 Å². The molecule has 2 N–H and O–H groups in total. The molecule has 0 aromatic carbocycles. The molecule has 0 aliphatic rings. The molecule has 0 fully saturated rings. The van der Waals surface area contributed by atoms with E-state index in [4.69, 9.17) is 24.2 Å². The van der Waals surface area contributed by atoms with Crippen LogP contribution in [-0.2, 0) is 20.6 Å². The number of aromatic nitrogens is 6. The summed E-state index contributed by atoms with van der Waals surface area (Å²) in [6.45, 7) is 6.26. The number of methoxy groups -OCH3 is 3. The Balaban J connectivity index is 2.04. The molecule has 0 bridgehead atoms. The number of azo groups is 1. The Hall–Kier alpha value is -4.06. The Morgan fingerprint density at radius 2 is 1.85 bits per heavy atom. The average Bonchev–Trinajstić information content (AvgIpc) is 3.34. The lowest BCUT2D eigenvalue weighted by Crippen LogP contribution is -2.23. The molecule has 39 heavy (non-hydrogen) atoms. The maximum atomic E-state index is 9.67. The monoisotopic (exact) mass is 537 g/mol. The minimum absolute atomic E-state index is 0.0741. The third kappa shape index (κ3) is 8.74. The fraction of sp³-hybridized carbons (Fsp3) is 0.520. The first kappa shape index (κ1) is 29.5. The Bertz CT molecular complexity index is 1240. The van der Waals surface area contributed by atoms with E-state index in [1.807, 2.05) is 6.92 Å². The standard InChI is InChI=1S/C25H35N11O3/c1-17(15-38-4)11-20-31-24(29-7-6-10-37-3)22(25(32-20)30-18(2)16-39-5)33-34-23-19(12-26)14-36(35-23)21-13-27-8-9-28-21/h8-9,13-14,17-18H,6-7,10-11,15-16H2,1-5H3,(H2,29,30,31,32). The van der Waals surface area contributed by atoms with E-state index in [0.29, 0.717) is 61.8 Å². The molecule has 0 aliphatic heterocycles. The molecule has 0 radical (unpaired) electrons. The summed E-state index contributed by atoms with van der Waals surface area (Å²) in [5.74, 6) is 2.40. The van der Waals surface area contributed by atoms with Crippen molar-refractivity contribution in [2.75, 3.05) is 58.3 Å². The van der Waals surface area contributed by atoms with Crippen LogP contribution in [0.15, 0.2) is 35.0 Å². The van der Waals surface area contributed by atoms with E-state index >= 15 is 0 Å². The predicted octanol–water partition coefficient (Wildman–Crippen LogP) is 3.46. The number of rotatable bonds is 16. The number of nitrogens with zero attached hydrogens (tertiary/aromatic N) is 9. The number of ether oxygens (including phenoxy) is 3. The lowest BCUT2D eigenvalue weighted by molar-refractivity contribution is 0.159. The minimum atomic E-state index is -0.0741. The highest BCUT2D eigenvalue weighted by atomic mass is 16.5. The summed E-state index contributed by atoms with van der Waals surface area (Å²) in [6.07, 6.45) is 7.52. The number of hydrogen-bond acceptors (Lipinski definition) is 13. The van der Waals surface area contributed by atoms with Gasteiger partial charge in [-0.15, -0.1) is 15.3 Å². The summed E-state index contributed by atoms with van der Waals surface area (Å²) in [6, 6.07) is 2.03. The second-order valence-corrected chi connectivity index (χ2v) is 8.91. The van der Waals surface area contributed by atoms with E-state index in [-0.39, 0.29) is 23.3 Å². The number of hydrogen-bond donors (Lipinski definition) is 2. The molecule has 2 atom stereocenters. The average molecular weight is 538 g/mol. The second-order valence-electron chi connectivity index (χ2n) is 8.91. The van der Waals surface area contributed by atoms with Crippen molar-refractivity contribution in [2.45, 2.75) is 32.7 Å². The van der Waals surface area contributed by atoms with Gasteiger partial charge in [-0.3, -0.25) is 4.98 Å². The van der Waals surface area contributed by atoms with E-state index in [1.54, 1.807) is 27.5 Å². The Kier molecular flexibility index (Phi) is 11.6. The molecular weight excluding hydrogens is 502 g/mol. The van der Waals surface area contributed by atoms with Crippen LogP contribution in [0.5, 0.6) is 0 Å². The van der Waals surface area contributed by atoms with Gasteiger partial charge in [-0.25, -0.2) is 19.6 Å². The van der Waals surface area contributed by atoms with Gasteiger partial charge < -0.3 is 24.8 Å². The van der Waals surface area contributed by atoms with Crippen LogP contribution in [-0.4, -0.2) is 83.5 Å². The van der Waals surface area contributed by atoms with E-state index < -0.39 is 0 Å². The number of nitriles is 1. The van der Waals surface area contributed by atoms with Crippen molar-refractivity contribution in [3.8, 4) is 11.9 Å². The number of nitrogens with one attached hydrogen (secondary N) is 2. The van der Waals surface area contributed by atoms with E-state index in [9.17, 15) is 5.26 Å². The molecule has 0 aliphatic carbocycles. The molecule has 3 rings (SSSR count). The third-order valence-electron chi connectivity index (χ3n) is 5.37. The maximum Gasteiger partial charge on any atom is 0.213 e. The zero-order valence-electron chi connectivity index (χ0n) is 23.0. The van der Waals surface area contributed by atoms with Crippen LogP contribution in [0.4, 0.5) is 23.1 Å². The summed E-state index contributed by atoms with van der Waals surface area (Å²) in [4.78, 5) is 17.8. The number of anilines is 2. The van der Waals surface area contributed by atoms with Crippen LogP contribution in [0.1, 0.15) is 31.7 Å². The lowest BCUT2D eigenvalue weighted by atomic mass is 10.1. The summed E-state index contributed by atoms with van der Waals surface area (Å²) in [7, 11) is 4.96. The van der Waals surface area contributed by atoms with E-state index in [2.05, 4.69) is 48.9 Å². The van der Waals surface area contributed by atoms with Crippen LogP contribution in [0.25, 0.3) is 5.82 Å². The van der Waals surface area contributed by atoms with Crippen LogP contribution in [0.2, 0.25) is 0 Å². The molecule has 0 saturated heterocycles. The van der Waals surface area contributed by atoms with Crippen molar-refractivity contribution in [2.24, 2.45) is 16.1 Å². The van der Waals surface area contributed by atoms with E-state index in [1.165, 1.54) is 23.3 Å². The molecular formula is C25H35N11O3. The van der Waals surface area contributed by atoms with Crippen LogP contribution in [0, 0.1) is 17.2 Å². The highest BCUT2D eigenvalue weighted by molar-refractivity contribution is 5.74. The third-order valence-corrected chi connectivity index (χ3v) is 5.37. The fourth-order valence-corrected chi connectivity index (χ4v) is 3.66. The molecule has 2 unspecified atom stereocenters. The molecule has 0 saturated carbocycles. The normalized spacial score (nSPS) is 12.8. The molecule has 208 valence electrons. The highest BCUT2D eigenvalue weighted by Gasteiger charge is 2.19. The molecule has 0 amide bonds. The Morgan fingerprint density at radius 3 is 2.54 bits per heavy atom. The van der Waals surface area contributed by atoms with Gasteiger partial charge in [0.15, 0.2) is 23.1 Å². The maximum absolute atomic E-state index is 9.67. The fourth-order valence-electron chi connectivity index (χ4n) is 3.66. The van der Waals surface area contributed by atoms with Crippen molar-refractivity contribution in [3.05, 3.63) is 36.2 Å². The summed E-state index contributed by atoms with van der Waals surface area (Å²) >= 11 is 0. The molecule has 3 heterocycles. The Labute approximate surface area is 227 Å². The second kappa shape index (κ2) is 15.4. The SMILES string of the molecule is COCCCNc1nc(CC(C)COC)nc(NC(C)COC)c1N=Nc1nn(-c2cnccn2)cc1C#N. The Morgan fingerprint density at radius 1 is 1.05 bits per heavy atom. The van der Waals surface area contributed by atoms with Gasteiger partial charge in [0.1, 0.15) is 17.5 Å². The van der Waals surface area contributed by atoms with Gasteiger partial charge in [0.05, 0.1) is 19.0 Å². The topological polar surface area (TPSA) is 170 Å². The zero-order chi connectivity index (χ0) is 28.0. The van der Waals surface area contributed by atoms with Gasteiger partial charge in [0, 0.05) is 65.9 Å². The summed E-state index contributed by atoms with van der Waals surface area (Å²) in [5.41, 5.74) is 0.614. The van der Waals surface area contributed by atoms with Crippen molar-refractivity contribution >= 4 is 23.1 Å². The first-order valence-corrected chi connectivity index (χ1v) is 12.5. The largest absolute Gasteiger partial charge is 0.385 e. The van der Waals surface area contributed by atoms with Crippen LogP contribution < -0.4 is 10.6 Å². The smallest absolute Gasteiger partial charge is 0.213 e. The van der Waals surface area contributed by atoms with Gasteiger partial charge in [-0.2, -0.15) is 5.26 Å². The highest BCUT2D eigenvalue weighted by Crippen LogP contribution is 2.34. The van der Waals surface area contributed by atoms with Crippen molar-refractivity contribution < 1.29 is 14.2 Å². The lowest BCUT2D eigenvalue weighted by Gasteiger charge is -2.19. The van der Waals surface area contributed by atoms with Crippen LogP contribution in [0.3, 0.4) is 0 Å². The minimum Gasteiger partial charge on any atom is -0.385 e.